The third-order valence-electron chi connectivity index (χ3n) is 5.35. The molecule has 0 bridgehead atoms. The molecule has 1 aromatic carbocycles. The quantitative estimate of drug-likeness (QED) is 0.525. The van der Waals surface area contributed by atoms with Gasteiger partial charge in [-0.3, -0.25) is 14.6 Å². The molecule has 1 N–H and O–H groups in total. The fraction of sp³-hybridized carbons (Fsp3) is 0.318. The number of amides is 2. The minimum atomic E-state index is -3.63. The maximum atomic E-state index is 12.7. The van der Waals surface area contributed by atoms with Crippen molar-refractivity contribution in [3.8, 4) is 11.5 Å². The summed E-state index contributed by atoms with van der Waals surface area (Å²) in [6, 6.07) is 8.24. The Bertz CT molecular complexity index is 1270. The Kier molecular flexibility index (Phi) is 6.50. The van der Waals surface area contributed by atoms with Gasteiger partial charge in [-0.2, -0.15) is 4.98 Å². The molecule has 0 unspecified atom stereocenters. The van der Waals surface area contributed by atoms with E-state index in [1.54, 1.807) is 41.6 Å². The van der Waals surface area contributed by atoms with Crippen LogP contribution in [0.15, 0.2) is 52.1 Å². The van der Waals surface area contributed by atoms with Gasteiger partial charge in [0, 0.05) is 56.5 Å². The van der Waals surface area contributed by atoms with Crippen LogP contribution in [0, 0.1) is 0 Å². The lowest BCUT2D eigenvalue weighted by Gasteiger charge is -2.15. The normalized spacial score (nSPS) is 13.1. The van der Waals surface area contributed by atoms with Gasteiger partial charge in [0.15, 0.2) is 15.7 Å². The maximum Gasteiger partial charge on any atom is 0.258 e. The Labute approximate surface area is 190 Å². The summed E-state index contributed by atoms with van der Waals surface area (Å²) < 4.78 is 30.6. The van der Waals surface area contributed by atoms with Crippen molar-refractivity contribution < 1.29 is 22.5 Å². The van der Waals surface area contributed by atoms with E-state index in [-0.39, 0.29) is 35.4 Å². The molecule has 11 heteroatoms. The van der Waals surface area contributed by atoms with Crippen LogP contribution < -0.4 is 10.2 Å². The summed E-state index contributed by atoms with van der Waals surface area (Å²) in [5, 5.41) is 6.57. The first-order chi connectivity index (χ1) is 15.8. The molecule has 0 aliphatic carbocycles. The lowest BCUT2D eigenvalue weighted by molar-refractivity contribution is -0.120. The fourth-order valence-electron chi connectivity index (χ4n) is 3.61. The van der Waals surface area contributed by atoms with Gasteiger partial charge >= 0.3 is 0 Å². The number of hydrogen-bond acceptors (Lipinski definition) is 8. The van der Waals surface area contributed by atoms with Crippen molar-refractivity contribution >= 4 is 27.3 Å². The molecule has 3 heterocycles. The molecule has 0 radical (unpaired) electrons. The third kappa shape index (κ3) is 5.25. The molecular formula is C22H23N5O5S. The van der Waals surface area contributed by atoms with E-state index in [9.17, 15) is 18.0 Å². The molecule has 0 spiro atoms. The lowest BCUT2D eigenvalue weighted by atomic mass is 10.2. The standard InChI is InChI=1S/C22H23N5O5S/c1-15(28)27-12-7-17-14-18(2-3-19(17)27)33(30,31)13-8-21(29)24-11-6-20-25-22(32-26-20)16-4-9-23-10-5-16/h2-5,9-10,14H,6-8,11-13H2,1H3,(H,24,29). The van der Waals surface area contributed by atoms with E-state index in [0.717, 1.165) is 16.8 Å². The van der Waals surface area contributed by atoms with E-state index in [2.05, 4.69) is 20.4 Å². The van der Waals surface area contributed by atoms with Gasteiger partial charge in [-0.1, -0.05) is 5.16 Å². The molecule has 2 aromatic heterocycles. The number of aromatic nitrogens is 3. The van der Waals surface area contributed by atoms with Gasteiger partial charge in [0.2, 0.25) is 11.8 Å². The van der Waals surface area contributed by atoms with E-state index >= 15 is 0 Å². The number of anilines is 1. The summed E-state index contributed by atoms with van der Waals surface area (Å²) >= 11 is 0. The summed E-state index contributed by atoms with van der Waals surface area (Å²) in [7, 11) is -3.63. The van der Waals surface area contributed by atoms with E-state index in [1.165, 1.54) is 13.0 Å². The summed E-state index contributed by atoms with van der Waals surface area (Å²) in [4.78, 5) is 33.8. The number of carbonyl (C=O) groups excluding carboxylic acids is 2. The van der Waals surface area contributed by atoms with Gasteiger partial charge in [-0.15, -0.1) is 0 Å². The molecule has 4 rings (SSSR count). The second kappa shape index (κ2) is 9.49. The van der Waals surface area contributed by atoms with Crippen molar-refractivity contribution in [2.24, 2.45) is 0 Å². The molecule has 3 aromatic rings. The van der Waals surface area contributed by atoms with E-state index in [1.807, 2.05) is 0 Å². The van der Waals surface area contributed by atoms with Gasteiger partial charge in [0.25, 0.3) is 5.89 Å². The van der Waals surface area contributed by atoms with Gasteiger partial charge in [-0.05, 0) is 42.3 Å². The summed E-state index contributed by atoms with van der Waals surface area (Å²) in [5.74, 6) is 0.0523. The first kappa shape index (κ1) is 22.6. The molecule has 1 aliphatic rings. The Morgan fingerprint density at radius 3 is 2.73 bits per heavy atom. The van der Waals surface area contributed by atoms with Crippen LogP contribution in [0.3, 0.4) is 0 Å². The zero-order chi connectivity index (χ0) is 23.4. The van der Waals surface area contributed by atoms with E-state index in [0.29, 0.717) is 31.1 Å². The second-order valence-electron chi connectivity index (χ2n) is 7.63. The second-order valence-corrected chi connectivity index (χ2v) is 9.74. The third-order valence-corrected chi connectivity index (χ3v) is 7.06. The first-order valence-electron chi connectivity index (χ1n) is 10.5. The van der Waals surface area contributed by atoms with Crippen LogP contribution in [0.2, 0.25) is 0 Å². The zero-order valence-corrected chi connectivity index (χ0v) is 18.8. The van der Waals surface area contributed by atoms with Crippen molar-refractivity contribution in [3.63, 3.8) is 0 Å². The predicted molar refractivity (Wildman–Crippen MR) is 119 cm³/mol. The molecule has 33 heavy (non-hydrogen) atoms. The number of rotatable bonds is 8. The Morgan fingerprint density at radius 1 is 1.18 bits per heavy atom. The van der Waals surface area contributed by atoms with Crippen LogP contribution >= 0.6 is 0 Å². The average Bonchev–Trinajstić information content (AvgIpc) is 3.45. The molecule has 2 amide bonds. The first-order valence-corrected chi connectivity index (χ1v) is 12.1. The van der Waals surface area contributed by atoms with Crippen LogP contribution in [0.1, 0.15) is 24.7 Å². The highest BCUT2D eigenvalue weighted by Crippen LogP contribution is 2.30. The fourth-order valence-corrected chi connectivity index (χ4v) is 4.90. The van der Waals surface area contributed by atoms with Gasteiger partial charge < -0.3 is 14.7 Å². The van der Waals surface area contributed by atoms with Crippen molar-refractivity contribution in [1.29, 1.82) is 0 Å². The minimum absolute atomic E-state index is 0.0737. The number of sulfone groups is 1. The number of benzene rings is 1. The Hall–Kier alpha value is -3.60. The number of fused-ring (bicyclic) bond motifs is 1. The van der Waals surface area contributed by atoms with Crippen molar-refractivity contribution in [1.82, 2.24) is 20.4 Å². The number of nitrogens with zero attached hydrogens (tertiary/aromatic N) is 4. The van der Waals surface area contributed by atoms with Crippen molar-refractivity contribution in [3.05, 3.63) is 54.1 Å². The highest BCUT2D eigenvalue weighted by atomic mass is 32.2. The molecule has 1 aliphatic heterocycles. The van der Waals surface area contributed by atoms with E-state index < -0.39 is 9.84 Å². The monoisotopic (exact) mass is 469 g/mol. The van der Waals surface area contributed by atoms with Crippen LogP contribution in [0.5, 0.6) is 0 Å². The largest absolute Gasteiger partial charge is 0.356 e. The average molecular weight is 470 g/mol. The van der Waals surface area contributed by atoms with Gasteiger partial charge in [0.1, 0.15) is 0 Å². The molecular weight excluding hydrogens is 446 g/mol. The molecule has 0 saturated heterocycles. The number of hydrogen-bond donors (Lipinski definition) is 1. The number of nitrogens with one attached hydrogen (secondary N) is 1. The number of carbonyl (C=O) groups is 2. The zero-order valence-electron chi connectivity index (χ0n) is 18.0. The molecule has 10 nitrogen and oxygen atoms in total. The Morgan fingerprint density at radius 2 is 1.97 bits per heavy atom. The highest BCUT2D eigenvalue weighted by Gasteiger charge is 2.25. The summed E-state index contributed by atoms with van der Waals surface area (Å²) in [6.07, 6.45) is 4.05. The summed E-state index contributed by atoms with van der Waals surface area (Å²) in [6.45, 7) is 2.28. The Balaban J connectivity index is 1.27. The van der Waals surface area contributed by atoms with Crippen molar-refractivity contribution in [2.75, 3.05) is 23.7 Å². The van der Waals surface area contributed by atoms with Crippen LogP contribution in [-0.4, -0.2) is 54.2 Å². The summed E-state index contributed by atoms with van der Waals surface area (Å²) in [5.41, 5.74) is 2.31. The smallest absolute Gasteiger partial charge is 0.258 e. The van der Waals surface area contributed by atoms with Crippen LogP contribution in [0.25, 0.3) is 11.5 Å². The van der Waals surface area contributed by atoms with Crippen LogP contribution in [-0.2, 0) is 32.3 Å². The van der Waals surface area contributed by atoms with Gasteiger partial charge in [-0.25, -0.2) is 8.42 Å². The molecule has 0 atom stereocenters. The topological polar surface area (TPSA) is 135 Å². The molecule has 0 saturated carbocycles. The highest BCUT2D eigenvalue weighted by molar-refractivity contribution is 7.91. The van der Waals surface area contributed by atoms with Crippen molar-refractivity contribution in [2.45, 2.75) is 31.1 Å². The maximum absolute atomic E-state index is 12.7. The number of pyridine rings is 1. The molecule has 172 valence electrons. The van der Waals surface area contributed by atoms with Gasteiger partial charge in [0.05, 0.1) is 10.6 Å². The SMILES string of the molecule is CC(=O)N1CCc2cc(S(=O)(=O)CCC(=O)NCCc3noc(-c4ccncc4)n3)ccc21. The minimum Gasteiger partial charge on any atom is -0.356 e. The van der Waals surface area contributed by atoms with E-state index in [4.69, 9.17) is 4.52 Å². The van der Waals surface area contributed by atoms with Crippen LogP contribution in [0.4, 0.5) is 5.69 Å². The lowest BCUT2D eigenvalue weighted by Crippen LogP contribution is -2.27. The predicted octanol–water partition coefficient (Wildman–Crippen LogP) is 1.56. The molecule has 0 fully saturated rings.